The molecule has 0 heterocycles. The van der Waals surface area contributed by atoms with Gasteiger partial charge < -0.3 is 10.4 Å². The zero-order valence-corrected chi connectivity index (χ0v) is 9.20. The van der Waals surface area contributed by atoms with Gasteiger partial charge in [0, 0.05) is 12.6 Å². The molecule has 1 aromatic rings. The van der Waals surface area contributed by atoms with Gasteiger partial charge in [-0.05, 0) is 38.0 Å². The third-order valence-electron chi connectivity index (χ3n) is 2.19. The Morgan fingerprint density at radius 1 is 1.40 bits per heavy atom. The molecule has 1 aromatic carbocycles. The van der Waals surface area contributed by atoms with Gasteiger partial charge in [0.15, 0.2) is 0 Å². The second kappa shape index (κ2) is 5.83. The number of nitrogens with one attached hydrogen (secondary N) is 1. The van der Waals surface area contributed by atoms with Crippen LogP contribution < -0.4 is 5.32 Å². The van der Waals surface area contributed by atoms with Crippen LogP contribution in [0.2, 0.25) is 0 Å². The standard InChI is InChI=1S/C12H18FNO/c1-9(14-8-10(2)15)6-11-4-3-5-12(13)7-11/h3-5,7,9-10,14-15H,6,8H2,1-2H3. The van der Waals surface area contributed by atoms with Crippen LogP contribution in [0, 0.1) is 5.82 Å². The normalized spacial score (nSPS) is 14.9. The van der Waals surface area contributed by atoms with Crippen molar-refractivity contribution >= 4 is 0 Å². The van der Waals surface area contributed by atoms with Gasteiger partial charge in [-0.25, -0.2) is 4.39 Å². The molecule has 3 heteroatoms. The molecule has 0 aromatic heterocycles. The quantitative estimate of drug-likeness (QED) is 0.777. The van der Waals surface area contributed by atoms with E-state index in [0.29, 0.717) is 6.54 Å². The molecule has 1 rings (SSSR count). The lowest BCUT2D eigenvalue weighted by molar-refractivity contribution is 0.187. The van der Waals surface area contributed by atoms with E-state index in [1.54, 1.807) is 19.1 Å². The van der Waals surface area contributed by atoms with E-state index in [0.717, 1.165) is 12.0 Å². The Morgan fingerprint density at radius 2 is 2.13 bits per heavy atom. The third-order valence-corrected chi connectivity index (χ3v) is 2.19. The number of benzene rings is 1. The predicted octanol–water partition coefficient (Wildman–Crippen LogP) is 1.73. The summed E-state index contributed by atoms with van der Waals surface area (Å²) in [6, 6.07) is 6.84. The summed E-state index contributed by atoms with van der Waals surface area (Å²) in [4.78, 5) is 0. The molecule has 0 aliphatic rings. The monoisotopic (exact) mass is 211 g/mol. The van der Waals surface area contributed by atoms with Crippen molar-refractivity contribution < 1.29 is 9.50 Å². The second-order valence-electron chi connectivity index (χ2n) is 3.99. The molecule has 84 valence electrons. The molecule has 0 fully saturated rings. The number of aliphatic hydroxyl groups is 1. The van der Waals surface area contributed by atoms with E-state index in [9.17, 15) is 4.39 Å². The van der Waals surface area contributed by atoms with Gasteiger partial charge in [-0.3, -0.25) is 0 Å². The van der Waals surface area contributed by atoms with Crippen LogP contribution in [0.1, 0.15) is 19.4 Å². The molecular formula is C12H18FNO. The molecule has 15 heavy (non-hydrogen) atoms. The van der Waals surface area contributed by atoms with E-state index in [1.807, 2.05) is 13.0 Å². The number of rotatable bonds is 5. The molecule has 0 spiro atoms. The summed E-state index contributed by atoms with van der Waals surface area (Å²) in [7, 11) is 0. The van der Waals surface area contributed by atoms with Crippen molar-refractivity contribution in [3.05, 3.63) is 35.6 Å². The van der Waals surface area contributed by atoms with Crippen molar-refractivity contribution in [3.8, 4) is 0 Å². The van der Waals surface area contributed by atoms with E-state index < -0.39 is 0 Å². The molecular weight excluding hydrogens is 193 g/mol. The van der Waals surface area contributed by atoms with E-state index in [-0.39, 0.29) is 18.0 Å². The van der Waals surface area contributed by atoms with Crippen molar-refractivity contribution in [2.75, 3.05) is 6.54 Å². The smallest absolute Gasteiger partial charge is 0.123 e. The van der Waals surface area contributed by atoms with Crippen molar-refractivity contribution in [1.82, 2.24) is 5.32 Å². The molecule has 0 amide bonds. The molecule has 0 bridgehead atoms. The van der Waals surface area contributed by atoms with Gasteiger partial charge >= 0.3 is 0 Å². The van der Waals surface area contributed by atoms with E-state index >= 15 is 0 Å². The predicted molar refractivity (Wildman–Crippen MR) is 59.2 cm³/mol. The van der Waals surface area contributed by atoms with Crippen LogP contribution in [0.4, 0.5) is 4.39 Å². The summed E-state index contributed by atoms with van der Waals surface area (Å²) >= 11 is 0. The Morgan fingerprint density at radius 3 is 2.73 bits per heavy atom. The average Bonchev–Trinajstić information content (AvgIpc) is 2.15. The molecule has 2 unspecified atom stereocenters. The van der Waals surface area contributed by atoms with Crippen molar-refractivity contribution in [3.63, 3.8) is 0 Å². The van der Waals surface area contributed by atoms with Crippen molar-refractivity contribution in [2.45, 2.75) is 32.4 Å². The minimum Gasteiger partial charge on any atom is -0.392 e. The fourth-order valence-electron chi connectivity index (χ4n) is 1.46. The Hall–Kier alpha value is -0.930. The minimum atomic E-state index is -0.347. The zero-order valence-electron chi connectivity index (χ0n) is 9.20. The van der Waals surface area contributed by atoms with Crippen LogP contribution in [0.3, 0.4) is 0 Å². The van der Waals surface area contributed by atoms with Crippen LogP contribution >= 0.6 is 0 Å². The van der Waals surface area contributed by atoms with E-state index in [4.69, 9.17) is 5.11 Å². The zero-order chi connectivity index (χ0) is 11.3. The highest BCUT2D eigenvalue weighted by Gasteiger charge is 2.04. The summed E-state index contributed by atoms with van der Waals surface area (Å²) in [6.07, 6.45) is 0.421. The SMILES string of the molecule is CC(O)CNC(C)Cc1cccc(F)c1. The second-order valence-corrected chi connectivity index (χ2v) is 3.99. The lowest BCUT2D eigenvalue weighted by Gasteiger charge is -2.15. The molecule has 2 nitrogen and oxygen atoms in total. The maximum absolute atomic E-state index is 12.9. The van der Waals surface area contributed by atoms with Gasteiger partial charge in [0.2, 0.25) is 0 Å². The average molecular weight is 211 g/mol. The molecule has 0 saturated carbocycles. The molecule has 0 aliphatic heterocycles. The van der Waals surface area contributed by atoms with Crippen LogP contribution in [0.5, 0.6) is 0 Å². The Kier molecular flexibility index (Phi) is 4.72. The Labute approximate surface area is 90.1 Å². The number of aliphatic hydroxyl groups excluding tert-OH is 1. The van der Waals surface area contributed by atoms with Crippen molar-refractivity contribution in [1.29, 1.82) is 0 Å². The highest BCUT2D eigenvalue weighted by atomic mass is 19.1. The van der Waals surface area contributed by atoms with Crippen LogP contribution in [0.25, 0.3) is 0 Å². The first kappa shape index (κ1) is 12.1. The minimum absolute atomic E-state index is 0.199. The van der Waals surface area contributed by atoms with Gasteiger partial charge in [0.25, 0.3) is 0 Å². The largest absolute Gasteiger partial charge is 0.392 e. The van der Waals surface area contributed by atoms with Crippen LogP contribution in [0.15, 0.2) is 24.3 Å². The molecule has 0 saturated heterocycles. The molecule has 2 atom stereocenters. The van der Waals surface area contributed by atoms with E-state index in [1.165, 1.54) is 6.07 Å². The third kappa shape index (κ3) is 4.91. The maximum Gasteiger partial charge on any atom is 0.123 e. The number of hydrogen-bond acceptors (Lipinski definition) is 2. The first-order valence-corrected chi connectivity index (χ1v) is 5.24. The van der Waals surface area contributed by atoms with Gasteiger partial charge in [-0.2, -0.15) is 0 Å². The van der Waals surface area contributed by atoms with Gasteiger partial charge in [-0.15, -0.1) is 0 Å². The fourth-order valence-corrected chi connectivity index (χ4v) is 1.46. The Bertz CT molecular complexity index is 301. The Balaban J connectivity index is 2.40. The lowest BCUT2D eigenvalue weighted by Crippen LogP contribution is -2.33. The van der Waals surface area contributed by atoms with Gasteiger partial charge in [0.05, 0.1) is 6.10 Å². The summed E-state index contributed by atoms with van der Waals surface area (Å²) < 4.78 is 12.9. The molecule has 0 radical (unpaired) electrons. The van der Waals surface area contributed by atoms with Crippen LogP contribution in [-0.4, -0.2) is 23.8 Å². The number of halogens is 1. The topological polar surface area (TPSA) is 32.3 Å². The van der Waals surface area contributed by atoms with Crippen LogP contribution in [-0.2, 0) is 6.42 Å². The summed E-state index contributed by atoms with van der Waals surface area (Å²) in [6.45, 7) is 4.33. The van der Waals surface area contributed by atoms with Gasteiger partial charge in [0.1, 0.15) is 5.82 Å². The molecule has 0 aliphatic carbocycles. The first-order valence-electron chi connectivity index (χ1n) is 5.24. The number of hydrogen-bond donors (Lipinski definition) is 2. The first-order chi connectivity index (χ1) is 7.08. The van der Waals surface area contributed by atoms with Crippen molar-refractivity contribution in [2.24, 2.45) is 0 Å². The summed E-state index contributed by atoms with van der Waals surface area (Å²) in [5.74, 6) is -0.199. The highest BCUT2D eigenvalue weighted by Crippen LogP contribution is 2.06. The lowest BCUT2D eigenvalue weighted by atomic mass is 10.1. The van der Waals surface area contributed by atoms with Gasteiger partial charge in [-0.1, -0.05) is 12.1 Å². The fraction of sp³-hybridized carbons (Fsp3) is 0.500. The maximum atomic E-state index is 12.9. The molecule has 2 N–H and O–H groups in total. The van der Waals surface area contributed by atoms with E-state index in [2.05, 4.69) is 5.32 Å². The summed E-state index contributed by atoms with van der Waals surface area (Å²) in [5, 5.41) is 12.3. The summed E-state index contributed by atoms with van der Waals surface area (Å²) in [5.41, 5.74) is 0.973. The highest BCUT2D eigenvalue weighted by molar-refractivity contribution is 5.17.